The molecule has 3 amide bonds. The van der Waals surface area contributed by atoms with E-state index in [-0.39, 0.29) is 57.5 Å². The number of carbonyl (C=O) groups excluding carboxylic acids is 4. The van der Waals surface area contributed by atoms with Crippen molar-refractivity contribution < 1.29 is 164 Å². The molecule has 14 rings (SSSR count). The van der Waals surface area contributed by atoms with Crippen molar-refractivity contribution in [3.8, 4) is 91.7 Å². The summed E-state index contributed by atoms with van der Waals surface area (Å²) in [6, 6.07) is 59.5. The van der Waals surface area contributed by atoms with Gasteiger partial charge in [0, 0.05) is 5.56 Å². The number of aromatic carboxylic acids is 2. The molecule has 40 nitrogen and oxygen atoms in total. The number of aromatic nitrogens is 9. The Hall–Kier alpha value is -16.6. The number of sulfonamides is 3. The number of amides is 3. The third kappa shape index (κ3) is 34.5. The minimum absolute atomic E-state index is 0.0247. The number of rotatable bonds is 27. The molecule has 0 fully saturated rings. The van der Waals surface area contributed by atoms with Gasteiger partial charge in [-0.3, -0.25) is 34.8 Å². The van der Waals surface area contributed by atoms with Gasteiger partial charge < -0.3 is 57.6 Å². The number of carbonyl (C=O) groups is 6. The van der Waals surface area contributed by atoms with E-state index in [1.54, 1.807) is 101 Å². The summed E-state index contributed by atoms with van der Waals surface area (Å²) in [5.41, 5.74) is 3.53. The molecular formula is C85H73ClF12N16O24S4. The molecule has 1 aliphatic rings. The van der Waals surface area contributed by atoms with Gasteiger partial charge in [0.2, 0.25) is 4.77 Å². The van der Waals surface area contributed by atoms with E-state index in [1.165, 1.54) is 113 Å². The topological polar surface area (TPSA) is 578 Å². The number of alkyl halides is 12. The summed E-state index contributed by atoms with van der Waals surface area (Å²) in [5.74, 6) is 0.145. The summed E-state index contributed by atoms with van der Waals surface area (Å²) in [7, 11) is -5.39. The van der Waals surface area contributed by atoms with Crippen molar-refractivity contribution in [1.82, 2.24) is 60.4 Å². The summed E-state index contributed by atoms with van der Waals surface area (Å²) in [4.78, 5) is 86.8. The van der Waals surface area contributed by atoms with Crippen LogP contribution >= 0.6 is 23.8 Å². The molecule has 1 aliphatic heterocycles. The zero-order valence-electron chi connectivity index (χ0n) is 72.7. The first kappa shape index (κ1) is 112. The lowest BCUT2D eigenvalue weighted by Crippen LogP contribution is -2.32. The first-order valence-electron chi connectivity index (χ1n) is 38.6. The van der Waals surface area contributed by atoms with Crippen LogP contribution in [0.4, 0.5) is 52.7 Å². The SMILES string of the molecule is COc1ccccc1-c1n[nH]c(S(=O)(=O)NC(=O)c2ccccc2OC(F)(F)F)n1.COc1ccccc1-c1n[nH]c(S(=O)(=O)NC(=O)c2ccccc2OC(F)F)n1.COc1ccccc1-c1nc(=S)[nH][nH]1.COc1ccccc1C(=O)NN.COc1ccccc1C1=NC(S(N)(=O)=O)=NC1.O=C(Cl)c1ccccc1OC(F)F.O=C(O)c1ccccc1OC(F)(F)F.O=C(O)c1ccccc1OC(F)F. The van der Waals surface area contributed by atoms with E-state index in [4.69, 9.17) is 68.7 Å². The number of hydrogen-bond donors (Lipinski definition) is 11. The summed E-state index contributed by atoms with van der Waals surface area (Å²) in [6.07, 6.45) is -9.95. The quantitative estimate of drug-likeness (QED) is 0.00569. The number of nitrogens with two attached hydrogens (primary N) is 2. The zero-order valence-corrected chi connectivity index (χ0v) is 76.8. The van der Waals surface area contributed by atoms with Crippen LogP contribution in [0.2, 0.25) is 0 Å². The first-order valence-corrected chi connectivity index (χ1v) is 43.9. The Morgan fingerprint density at radius 1 is 0.408 bits per heavy atom. The highest BCUT2D eigenvalue weighted by molar-refractivity contribution is 8.04. The van der Waals surface area contributed by atoms with Crippen molar-refractivity contribution in [2.24, 2.45) is 21.0 Å². The summed E-state index contributed by atoms with van der Waals surface area (Å²) < 4.78 is 266. The van der Waals surface area contributed by atoms with Crippen LogP contribution in [0.5, 0.6) is 57.5 Å². The molecule has 3 aromatic heterocycles. The number of primary sulfonamides is 1. The molecule has 13 aromatic rings. The highest BCUT2D eigenvalue weighted by Crippen LogP contribution is 2.34. The summed E-state index contributed by atoms with van der Waals surface area (Å²) in [6.45, 7) is -8.97. The second kappa shape index (κ2) is 52.8. The van der Waals surface area contributed by atoms with Crippen molar-refractivity contribution in [1.29, 1.82) is 0 Å². The molecule has 4 heterocycles. The zero-order chi connectivity index (χ0) is 105. The maximum absolute atomic E-state index is 12.5. The molecule has 752 valence electrons. The highest BCUT2D eigenvalue weighted by atomic mass is 35.5. The van der Waals surface area contributed by atoms with Crippen LogP contribution in [0.15, 0.2) is 263 Å². The van der Waals surface area contributed by atoms with Gasteiger partial charge in [-0.1, -0.05) is 121 Å². The number of benzene rings is 10. The van der Waals surface area contributed by atoms with Gasteiger partial charge in [-0.2, -0.15) is 68.3 Å². The number of nitrogen functional groups attached to an aromatic ring is 1. The minimum Gasteiger partial charge on any atom is -0.496 e. The number of methoxy groups -OCH3 is 5. The number of carboxylic acids is 2. The van der Waals surface area contributed by atoms with Crippen LogP contribution in [0.1, 0.15) is 67.7 Å². The molecule has 13 N–H and O–H groups in total. The highest BCUT2D eigenvalue weighted by Gasteiger charge is 2.36. The monoisotopic (exact) mass is 2090 g/mol. The van der Waals surface area contributed by atoms with Crippen LogP contribution in [-0.4, -0.2) is 201 Å². The van der Waals surface area contributed by atoms with Gasteiger partial charge in [0.25, 0.3) is 68.5 Å². The number of aliphatic imine (C=N–C) groups is 2. The lowest BCUT2D eigenvalue weighted by Gasteiger charge is -2.12. The number of amidine groups is 1. The van der Waals surface area contributed by atoms with E-state index in [2.05, 4.69) is 79.2 Å². The predicted octanol–water partition coefficient (Wildman–Crippen LogP) is 14.2. The van der Waals surface area contributed by atoms with E-state index in [1.807, 2.05) is 41.8 Å². The van der Waals surface area contributed by atoms with Crippen molar-refractivity contribution in [3.63, 3.8) is 0 Å². The summed E-state index contributed by atoms with van der Waals surface area (Å²) >= 11 is 10.0. The van der Waals surface area contributed by atoms with Crippen molar-refractivity contribution in [2.45, 2.75) is 42.9 Å². The largest absolute Gasteiger partial charge is 0.573 e. The molecule has 0 spiro atoms. The molecule has 0 unspecified atom stereocenters. The van der Waals surface area contributed by atoms with E-state index >= 15 is 0 Å². The number of nitrogens with one attached hydrogen (secondary N) is 7. The molecule has 0 aliphatic carbocycles. The molecular weight excluding hydrogens is 2020 g/mol. The van der Waals surface area contributed by atoms with E-state index in [0.717, 1.165) is 53.3 Å². The second-order valence-corrected chi connectivity index (χ2v) is 31.5. The predicted molar refractivity (Wildman–Crippen MR) is 481 cm³/mol. The Bertz CT molecular complexity index is 6970. The fourth-order valence-corrected chi connectivity index (χ4v) is 13.4. The van der Waals surface area contributed by atoms with Crippen LogP contribution in [-0.2, 0) is 30.1 Å². The third-order valence-electron chi connectivity index (χ3n) is 16.9. The maximum Gasteiger partial charge on any atom is 0.573 e. The van der Waals surface area contributed by atoms with Crippen LogP contribution in [0.3, 0.4) is 0 Å². The van der Waals surface area contributed by atoms with E-state index < -0.39 is 130 Å². The Balaban J connectivity index is 0.000000227. The molecule has 10 aromatic carbocycles. The van der Waals surface area contributed by atoms with E-state index in [0.29, 0.717) is 56.0 Å². The lowest BCUT2D eigenvalue weighted by atomic mass is 10.1. The maximum atomic E-state index is 12.5. The Morgan fingerprint density at radius 2 is 0.704 bits per heavy atom. The van der Waals surface area contributed by atoms with Gasteiger partial charge in [-0.05, 0) is 145 Å². The van der Waals surface area contributed by atoms with Crippen molar-refractivity contribution in [3.05, 3.63) is 286 Å². The average Bonchev–Trinajstić information content (AvgIpc) is 1.62. The van der Waals surface area contributed by atoms with Gasteiger partial charge in [-0.15, -0.1) is 26.3 Å². The molecule has 142 heavy (non-hydrogen) atoms. The fourth-order valence-electron chi connectivity index (χ4n) is 11.0. The average molecular weight is 2090 g/mol. The van der Waals surface area contributed by atoms with Gasteiger partial charge in [0.05, 0.1) is 86.7 Å². The number of hydrazine groups is 1. The van der Waals surface area contributed by atoms with Crippen molar-refractivity contribution in [2.75, 3.05) is 42.1 Å². The molecule has 0 radical (unpaired) electrons. The normalized spacial score (nSPS) is 11.3. The number of hydrogen-bond acceptors (Lipinski definition) is 31. The Morgan fingerprint density at radius 3 is 1.05 bits per heavy atom. The minimum atomic E-state index is -5.07. The number of nitrogens with zero attached hydrogens (tertiary/aromatic N) is 7. The van der Waals surface area contributed by atoms with Crippen molar-refractivity contribution >= 4 is 99.7 Å². The van der Waals surface area contributed by atoms with Gasteiger partial charge in [0.15, 0.2) is 17.5 Å². The molecule has 57 heteroatoms. The van der Waals surface area contributed by atoms with Crippen LogP contribution < -0.4 is 73.2 Å². The smallest absolute Gasteiger partial charge is 0.496 e. The van der Waals surface area contributed by atoms with Gasteiger partial charge in [0.1, 0.15) is 68.6 Å². The van der Waals surface area contributed by atoms with Gasteiger partial charge in [-0.25, -0.2) is 58.6 Å². The first-order chi connectivity index (χ1) is 67.2. The van der Waals surface area contributed by atoms with Crippen LogP contribution in [0.25, 0.3) is 34.2 Å². The molecule has 0 bridgehead atoms. The number of H-pyrrole nitrogens is 4. The number of carboxylic acid groups (broad SMARTS) is 2. The third-order valence-corrected chi connectivity index (χ3v) is 20.3. The number of para-hydroxylation sites is 10. The molecule has 0 atom stereocenters. The number of aromatic amines is 4. The molecule has 0 saturated heterocycles. The number of halogens is 13. The van der Waals surface area contributed by atoms with Gasteiger partial charge >= 0.3 is 44.5 Å². The fraction of sp³-hybridized carbons (Fsp3) is 0.129. The number of ether oxygens (including phenoxy) is 10. The van der Waals surface area contributed by atoms with E-state index in [9.17, 15) is 107 Å². The molecule has 0 saturated carbocycles. The lowest BCUT2D eigenvalue weighted by molar-refractivity contribution is -0.275. The van der Waals surface area contributed by atoms with Crippen LogP contribution in [0, 0.1) is 4.77 Å². The summed E-state index contributed by atoms with van der Waals surface area (Å²) in [5, 5.41) is 37.1. The standard InChI is InChI=1S/C17H13F3N4O5S.C17H14F2N4O5S.C10H11N3O3S.C9H9N3OS.C8H5ClF2O2.C8H5F3O3.C8H6F2O3.C8H10N2O2/c1-28-12-8-4-2-6-10(12)14-21-16(23-22-14)30(26,27)24-15(25)11-7-3-5-9-13(11)29-17(18,19)20;1-27-12-8-4-2-6-10(12)14-20-17(22-21-14)29(25,26)23-15(24)11-7-3-5-9-13(11)28-16(18)19;1-16-9-5-3-2-4-7(9)8-6-12-10(13-8)17(11,14)15;1-13-7-5-3-2-4-6(7)8-10-9(14)12-11-8;9-7(12)5-3-1-2-4-6(5)13-8(10)11;9-8(10,11)14-6-4-2-1-3-5(6)7(12)13;9-8(10)13-6-4-2-1-3-5(6)7(11)12;1-12-7-5-3-2-4-6(7)8(11)10-9/h2-9H,1H3,(H,24,25)(H,21,22,23);2-9,16H,1H3,(H,23,24)(H,20,21,22);2-5H,6H2,1H3,(H2,11,14,15);2-5H,1H3,(H2,10,11,12,14);1-4,8H;1-4H,(H,12,13);1-4,8H,(H,11,12);2-5H,9H2,1H3,(H,10,11). The Kier molecular flexibility index (Phi) is 41.8. The second-order valence-electron chi connectivity index (χ2n) is 26.1. The Labute approximate surface area is 804 Å².